The van der Waals surface area contributed by atoms with E-state index in [0.29, 0.717) is 22.3 Å². The van der Waals surface area contributed by atoms with E-state index in [4.69, 9.17) is 4.52 Å². The number of amides is 1. The number of rotatable bonds is 5. The third-order valence-corrected chi connectivity index (χ3v) is 6.03. The van der Waals surface area contributed by atoms with Gasteiger partial charge in [-0.15, -0.1) is 0 Å². The van der Waals surface area contributed by atoms with Gasteiger partial charge < -0.3 is 4.52 Å². The fourth-order valence-corrected chi connectivity index (χ4v) is 3.86. The maximum atomic E-state index is 12.5. The van der Waals surface area contributed by atoms with Crippen LogP contribution in [0.2, 0.25) is 0 Å². The number of nitrogens with one attached hydrogen (secondary N) is 1. The number of benzene rings is 2. The van der Waals surface area contributed by atoms with E-state index in [2.05, 4.69) is 19.8 Å². The number of carbonyl (C=O) groups is 1. The Morgan fingerprint density at radius 1 is 1.03 bits per heavy atom. The summed E-state index contributed by atoms with van der Waals surface area (Å²) in [6, 6.07) is 15.5. The summed E-state index contributed by atoms with van der Waals surface area (Å²) < 4.78 is 32.6. The highest BCUT2D eigenvalue weighted by molar-refractivity contribution is 7.90. The minimum Gasteiger partial charge on any atom is -0.355 e. The molecule has 152 valence electrons. The van der Waals surface area contributed by atoms with Crippen LogP contribution in [0.5, 0.6) is 0 Å². The van der Waals surface area contributed by atoms with E-state index < -0.39 is 15.7 Å². The predicted octanol–water partition coefficient (Wildman–Crippen LogP) is 3.82. The van der Waals surface area contributed by atoms with Crippen molar-refractivity contribution >= 4 is 32.4 Å². The van der Waals surface area contributed by atoms with Crippen LogP contribution >= 0.6 is 11.5 Å². The zero-order chi connectivity index (χ0) is 21.3. The number of hydrogen-bond donors (Lipinski definition) is 1. The number of nitrogens with zero attached hydrogens (tertiary/aromatic N) is 3. The molecule has 0 spiro atoms. The van der Waals surface area contributed by atoms with Gasteiger partial charge in [-0.05, 0) is 31.2 Å². The predicted molar refractivity (Wildman–Crippen MR) is 113 cm³/mol. The van der Waals surface area contributed by atoms with Crippen molar-refractivity contribution in [1.29, 1.82) is 0 Å². The molecule has 2 heterocycles. The van der Waals surface area contributed by atoms with E-state index in [9.17, 15) is 13.2 Å². The molecule has 0 radical (unpaired) electrons. The quantitative estimate of drug-likeness (QED) is 0.501. The molecule has 30 heavy (non-hydrogen) atoms. The molecule has 0 aliphatic carbocycles. The van der Waals surface area contributed by atoms with Crippen molar-refractivity contribution in [2.24, 2.45) is 0 Å². The molecule has 8 nitrogen and oxygen atoms in total. The Bertz CT molecular complexity index is 1310. The summed E-state index contributed by atoms with van der Waals surface area (Å²) in [7, 11) is -3.27. The Morgan fingerprint density at radius 2 is 1.70 bits per heavy atom. The first-order chi connectivity index (χ1) is 14.3. The number of anilines is 1. The molecule has 4 rings (SSSR count). The average molecular weight is 441 g/mol. The van der Waals surface area contributed by atoms with Gasteiger partial charge in [0.15, 0.2) is 27.1 Å². The number of sulfone groups is 1. The van der Waals surface area contributed by atoms with Crippen molar-refractivity contribution in [1.82, 2.24) is 14.5 Å². The summed E-state index contributed by atoms with van der Waals surface area (Å²) in [5.74, 6) is 0.409. The zero-order valence-corrected chi connectivity index (χ0v) is 17.6. The Morgan fingerprint density at radius 3 is 2.37 bits per heavy atom. The lowest BCUT2D eigenvalue weighted by Crippen LogP contribution is -2.11. The highest BCUT2D eigenvalue weighted by Crippen LogP contribution is 2.24. The van der Waals surface area contributed by atoms with Crippen molar-refractivity contribution in [2.45, 2.75) is 11.8 Å². The maximum absolute atomic E-state index is 12.5. The van der Waals surface area contributed by atoms with Gasteiger partial charge in [0.1, 0.15) is 0 Å². The second-order valence-corrected chi connectivity index (χ2v) is 9.38. The van der Waals surface area contributed by atoms with Crippen LogP contribution in [0, 0.1) is 6.92 Å². The molecule has 2 aromatic heterocycles. The molecule has 0 aliphatic heterocycles. The molecule has 0 fully saturated rings. The van der Waals surface area contributed by atoms with Crippen LogP contribution in [0.3, 0.4) is 0 Å². The van der Waals surface area contributed by atoms with Crippen LogP contribution in [0.1, 0.15) is 16.1 Å². The van der Waals surface area contributed by atoms with E-state index in [1.807, 2.05) is 31.2 Å². The minimum absolute atomic E-state index is 0.125. The van der Waals surface area contributed by atoms with Gasteiger partial charge in [-0.1, -0.05) is 35.0 Å². The van der Waals surface area contributed by atoms with Crippen LogP contribution in [0.25, 0.3) is 22.7 Å². The lowest BCUT2D eigenvalue weighted by atomic mass is 10.1. The standard InChI is InChI=1S/C20H16N4O4S2/c1-12-3-5-13(6-4-12)17-11-16(23-28-17)19(25)22-20-21-18(24-29-20)14-7-9-15(10-8-14)30(2,26)27/h3-11H,1-2H3,(H,21,22,24,25). The smallest absolute Gasteiger partial charge is 0.279 e. The summed E-state index contributed by atoms with van der Waals surface area (Å²) in [6.07, 6.45) is 1.14. The molecular weight excluding hydrogens is 424 g/mol. The number of hydrogen-bond acceptors (Lipinski definition) is 8. The fourth-order valence-electron chi connectivity index (χ4n) is 2.64. The summed E-state index contributed by atoms with van der Waals surface area (Å²) in [5.41, 5.74) is 2.71. The van der Waals surface area contributed by atoms with Gasteiger partial charge in [-0.25, -0.2) is 8.42 Å². The second kappa shape index (κ2) is 7.81. The Labute approximate surface area is 176 Å². The molecule has 0 saturated heterocycles. The highest BCUT2D eigenvalue weighted by Gasteiger charge is 2.16. The third-order valence-electron chi connectivity index (χ3n) is 4.27. The molecular formula is C20H16N4O4S2. The zero-order valence-electron chi connectivity index (χ0n) is 16.0. The molecule has 1 amide bonds. The van der Waals surface area contributed by atoms with Crippen molar-refractivity contribution < 1.29 is 17.7 Å². The van der Waals surface area contributed by atoms with Gasteiger partial charge in [0, 0.05) is 35.0 Å². The maximum Gasteiger partial charge on any atom is 0.279 e. The largest absolute Gasteiger partial charge is 0.355 e. The van der Waals surface area contributed by atoms with E-state index in [1.54, 1.807) is 18.2 Å². The number of carbonyl (C=O) groups excluding carboxylic acids is 1. The lowest BCUT2D eigenvalue weighted by molar-refractivity contribution is 0.101. The first-order valence-electron chi connectivity index (χ1n) is 8.79. The Kier molecular flexibility index (Phi) is 5.18. The van der Waals surface area contributed by atoms with Gasteiger partial charge in [0.2, 0.25) is 5.13 Å². The molecule has 1 N–H and O–H groups in total. The van der Waals surface area contributed by atoms with Crippen LogP contribution < -0.4 is 5.32 Å². The normalized spacial score (nSPS) is 11.4. The molecule has 0 aliphatic rings. The van der Waals surface area contributed by atoms with Crippen molar-refractivity contribution in [3.05, 3.63) is 65.9 Å². The third kappa shape index (κ3) is 4.29. The van der Waals surface area contributed by atoms with Gasteiger partial charge in [-0.3, -0.25) is 10.1 Å². The number of aromatic nitrogens is 3. The SMILES string of the molecule is Cc1ccc(-c2cc(C(=O)Nc3nc(-c4ccc(S(C)(=O)=O)cc4)ns3)no2)cc1. The molecule has 10 heteroatoms. The summed E-state index contributed by atoms with van der Waals surface area (Å²) in [6.45, 7) is 1.99. The van der Waals surface area contributed by atoms with Crippen molar-refractivity contribution in [3.63, 3.8) is 0 Å². The second-order valence-electron chi connectivity index (χ2n) is 6.62. The van der Waals surface area contributed by atoms with Crippen LogP contribution in [0.15, 0.2) is 64.0 Å². The van der Waals surface area contributed by atoms with Crippen molar-refractivity contribution in [3.8, 4) is 22.7 Å². The summed E-state index contributed by atoms with van der Waals surface area (Å²) in [5, 5.41) is 6.76. The molecule has 2 aromatic carbocycles. The molecule has 0 atom stereocenters. The van der Waals surface area contributed by atoms with Gasteiger partial charge in [0.25, 0.3) is 5.91 Å². The van der Waals surface area contributed by atoms with E-state index in [-0.39, 0.29) is 10.6 Å². The molecule has 0 unspecified atom stereocenters. The first kappa shape index (κ1) is 19.9. The Balaban J connectivity index is 1.47. The van der Waals surface area contributed by atoms with E-state index >= 15 is 0 Å². The summed E-state index contributed by atoms with van der Waals surface area (Å²) >= 11 is 1.01. The van der Waals surface area contributed by atoms with Crippen molar-refractivity contribution in [2.75, 3.05) is 11.6 Å². The van der Waals surface area contributed by atoms with Gasteiger partial charge in [-0.2, -0.15) is 9.36 Å². The topological polar surface area (TPSA) is 115 Å². The molecule has 0 saturated carbocycles. The monoisotopic (exact) mass is 440 g/mol. The van der Waals surface area contributed by atoms with E-state index in [0.717, 1.165) is 28.9 Å². The van der Waals surface area contributed by atoms with Crippen LogP contribution in [0.4, 0.5) is 5.13 Å². The lowest BCUT2D eigenvalue weighted by Gasteiger charge is -1.99. The van der Waals surface area contributed by atoms with E-state index in [1.165, 1.54) is 12.1 Å². The fraction of sp³-hybridized carbons (Fsp3) is 0.100. The summed E-state index contributed by atoms with van der Waals surface area (Å²) in [4.78, 5) is 16.9. The number of aryl methyl sites for hydroxylation is 1. The van der Waals surface area contributed by atoms with Crippen LogP contribution in [-0.4, -0.2) is 35.1 Å². The van der Waals surface area contributed by atoms with Gasteiger partial charge >= 0.3 is 0 Å². The van der Waals surface area contributed by atoms with Gasteiger partial charge in [0.05, 0.1) is 4.90 Å². The highest BCUT2D eigenvalue weighted by atomic mass is 32.2. The average Bonchev–Trinajstić information content (AvgIpc) is 3.38. The minimum atomic E-state index is -3.27. The van der Waals surface area contributed by atoms with Crippen LogP contribution in [-0.2, 0) is 9.84 Å². The Hall–Kier alpha value is -3.37. The molecule has 4 aromatic rings. The first-order valence-corrected chi connectivity index (χ1v) is 11.5. The molecule has 0 bridgehead atoms.